The maximum Gasteiger partial charge on any atom is 0.238 e. The summed E-state index contributed by atoms with van der Waals surface area (Å²) in [6.45, 7) is 11.7. The molecule has 0 aromatic carbocycles. The van der Waals surface area contributed by atoms with Gasteiger partial charge in [0.2, 0.25) is 5.88 Å². The quantitative estimate of drug-likeness (QED) is 0.566. The summed E-state index contributed by atoms with van der Waals surface area (Å²) in [5.74, 6) is 1.03. The fourth-order valence-electron chi connectivity index (χ4n) is 1.65. The van der Waals surface area contributed by atoms with E-state index in [1.165, 1.54) is 0 Å². The molecule has 1 rings (SSSR count). The Morgan fingerprint density at radius 3 is 2.75 bits per heavy atom. The number of allylic oxidation sites excluding steroid dienone is 1. The van der Waals surface area contributed by atoms with Gasteiger partial charge >= 0.3 is 0 Å². The molecular weight excluding hydrogens is 254 g/mol. The lowest BCUT2D eigenvalue weighted by molar-refractivity contribution is 0.297. The van der Waals surface area contributed by atoms with Crippen molar-refractivity contribution in [2.75, 3.05) is 25.7 Å². The second-order valence-electron chi connectivity index (χ2n) is 4.12. The predicted molar refractivity (Wildman–Crippen MR) is 83.2 cm³/mol. The number of aromatic nitrogens is 1. The zero-order valence-corrected chi connectivity index (χ0v) is 12.5. The molecule has 1 aromatic rings. The molecule has 0 aliphatic heterocycles. The first-order valence-electron chi connectivity index (χ1n) is 6.28. The van der Waals surface area contributed by atoms with Crippen molar-refractivity contribution in [2.24, 2.45) is 4.99 Å². The second-order valence-corrected chi connectivity index (χ2v) is 4.12. The summed E-state index contributed by atoms with van der Waals surface area (Å²) in [4.78, 5) is 10.1. The van der Waals surface area contributed by atoms with Crippen molar-refractivity contribution in [3.05, 3.63) is 36.3 Å². The van der Waals surface area contributed by atoms with Gasteiger partial charge in [-0.2, -0.15) is 0 Å². The first-order chi connectivity index (χ1) is 9.53. The van der Waals surface area contributed by atoms with E-state index in [1.807, 2.05) is 44.1 Å². The molecule has 0 spiro atoms. The number of hydrogen-bond donors (Lipinski definition) is 0. The lowest BCUT2D eigenvalue weighted by Crippen LogP contribution is -2.11. The summed E-state index contributed by atoms with van der Waals surface area (Å²) in [6.07, 6.45) is 1.85. The summed E-state index contributed by atoms with van der Waals surface area (Å²) in [6, 6.07) is 3.75. The first-order valence-corrected chi connectivity index (χ1v) is 6.28. The molecule has 0 aliphatic rings. The second kappa shape index (κ2) is 7.33. The molecule has 0 saturated heterocycles. The van der Waals surface area contributed by atoms with Gasteiger partial charge in [0.1, 0.15) is 17.1 Å². The molecule has 0 bridgehead atoms. The molecule has 0 aliphatic carbocycles. The van der Waals surface area contributed by atoms with E-state index in [0.29, 0.717) is 23.9 Å². The van der Waals surface area contributed by atoms with Crippen LogP contribution in [0.2, 0.25) is 0 Å². The van der Waals surface area contributed by atoms with Gasteiger partial charge in [-0.05, 0) is 32.7 Å². The Kier molecular flexibility index (Phi) is 5.77. The average Bonchev–Trinajstić information content (AvgIpc) is 2.46. The first kappa shape index (κ1) is 15.8. The third kappa shape index (κ3) is 3.85. The van der Waals surface area contributed by atoms with Gasteiger partial charge in [0.15, 0.2) is 0 Å². The highest BCUT2D eigenvalue weighted by Gasteiger charge is 2.11. The summed E-state index contributed by atoms with van der Waals surface area (Å²) in [5, 5.41) is 0. The van der Waals surface area contributed by atoms with Gasteiger partial charge in [0, 0.05) is 13.2 Å². The number of pyridine rings is 1. The van der Waals surface area contributed by atoms with Crippen LogP contribution >= 0.6 is 0 Å². The smallest absolute Gasteiger partial charge is 0.238 e. The van der Waals surface area contributed by atoms with Gasteiger partial charge in [0.05, 0.1) is 19.4 Å². The van der Waals surface area contributed by atoms with E-state index in [9.17, 15) is 0 Å². The molecule has 0 saturated carbocycles. The zero-order valence-electron chi connectivity index (χ0n) is 12.5. The average molecular weight is 275 g/mol. The van der Waals surface area contributed by atoms with Gasteiger partial charge in [-0.3, -0.25) is 4.99 Å². The highest BCUT2D eigenvalue weighted by atomic mass is 16.5. The van der Waals surface area contributed by atoms with Crippen LogP contribution in [0, 0.1) is 0 Å². The Morgan fingerprint density at radius 1 is 1.50 bits per heavy atom. The van der Waals surface area contributed by atoms with Crippen molar-refractivity contribution in [1.29, 1.82) is 0 Å². The Hall–Kier alpha value is -2.30. The standard InChI is InChI=1S/C15H21N3O2/c1-7-20-12(3)13-8-9-14(15(17-13)19-6)18(5)10-11(2)16-4/h8-10H,3-4,7H2,1-2,5-6H3. The number of rotatable bonds is 7. The fraction of sp³-hybridized carbons (Fsp3) is 0.333. The van der Waals surface area contributed by atoms with Crippen LogP contribution in [0.4, 0.5) is 5.69 Å². The zero-order chi connectivity index (χ0) is 15.1. The van der Waals surface area contributed by atoms with Crippen LogP contribution in [0.25, 0.3) is 5.76 Å². The van der Waals surface area contributed by atoms with Crippen molar-refractivity contribution < 1.29 is 9.47 Å². The Labute approximate surface area is 120 Å². The molecule has 20 heavy (non-hydrogen) atoms. The van der Waals surface area contributed by atoms with Crippen LogP contribution in [-0.2, 0) is 4.74 Å². The molecule has 5 heteroatoms. The monoisotopic (exact) mass is 275 g/mol. The van der Waals surface area contributed by atoms with Gasteiger partial charge < -0.3 is 14.4 Å². The number of aliphatic imine (C=N–C) groups is 1. The van der Waals surface area contributed by atoms with E-state index >= 15 is 0 Å². The van der Waals surface area contributed by atoms with E-state index in [4.69, 9.17) is 9.47 Å². The highest BCUT2D eigenvalue weighted by Crippen LogP contribution is 2.28. The Bertz CT molecular complexity index is 524. The number of anilines is 1. The summed E-state index contributed by atoms with van der Waals surface area (Å²) >= 11 is 0. The molecule has 0 fully saturated rings. The van der Waals surface area contributed by atoms with E-state index in [2.05, 4.69) is 23.3 Å². The maximum atomic E-state index is 5.35. The van der Waals surface area contributed by atoms with Crippen LogP contribution in [0.1, 0.15) is 19.5 Å². The van der Waals surface area contributed by atoms with Gasteiger partial charge in [-0.15, -0.1) is 0 Å². The van der Waals surface area contributed by atoms with Crippen LogP contribution in [0.3, 0.4) is 0 Å². The summed E-state index contributed by atoms with van der Waals surface area (Å²) in [5.41, 5.74) is 2.28. The van der Waals surface area contributed by atoms with Crippen molar-refractivity contribution >= 4 is 18.2 Å². The number of hydrogen-bond acceptors (Lipinski definition) is 5. The maximum absolute atomic E-state index is 5.35. The molecule has 0 unspecified atom stereocenters. The largest absolute Gasteiger partial charge is 0.492 e. The molecule has 0 radical (unpaired) electrons. The SMILES string of the molecule is C=NC(C)=CN(C)c1ccc(C(=C)OCC)nc1OC. The van der Waals surface area contributed by atoms with Crippen molar-refractivity contribution in [1.82, 2.24) is 4.98 Å². The molecule has 5 nitrogen and oxygen atoms in total. The number of methoxy groups -OCH3 is 1. The van der Waals surface area contributed by atoms with Crippen molar-refractivity contribution in [2.45, 2.75) is 13.8 Å². The third-order valence-electron chi connectivity index (χ3n) is 2.65. The van der Waals surface area contributed by atoms with E-state index in [1.54, 1.807) is 7.11 Å². The Morgan fingerprint density at radius 2 is 2.20 bits per heavy atom. The summed E-state index contributed by atoms with van der Waals surface area (Å²) < 4.78 is 10.7. The minimum absolute atomic E-state index is 0.499. The lowest BCUT2D eigenvalue weighted by Gasteiger charge is -2.18. The molecule has 0 atom stereocenters. The molecule has 0 amide bonds. The molecule has 1 heterocycles. The molecule has 108 valence electrons. The number of nitrogens with zero attached hydrogens (tertiary/aromatic N) is 3. The van der Waals surface area contributed by atoms with Crippen LogP contribution in [0.15, 0.2) is 35.6 Å². The minimum atomic E-state index is 0.499. The lowest BCUT2D eigenvalue weighted by atomic mass is 10.3. The topological polar surface area (TPSA) is 47.0 Å². The van der Waals surface area contributed by atoms with Gasteiger partial charge in [-0.1, -0.05) is 6.58 Å². The van der Waals surface area contributed by atoms with E-state index in [-0.39, 0.29) is 0 Å². The van der Waals surface area contributed by atoms with Crippen molar-refractivity contribution in [3.63, 3.8) is 0 Å². The van der Waals surface area contributed by atoms with E-state index in [0.717, 1.165) is 11.4 Å². The van der Waals surface area contributed by atoms with Gasteiger partial charge in [0.25, 0.3) is 0 Å². The fourth-order valence-corrected chi connectivity index (χ4v) is 1.65. The highest BCUT2D eigenvalue weighted by molar-refractivity contribution is 5.62. The Balaban J connectivity index is 3.10. The van der Waals surface area contributed by atoms with Crippen LogP contribution in [-0.4, -0.2) is 32.5 Å². The van der Waals surface area contributed by atoms with Gasteiger partial charge in [-0.25, -0.2) is 4.98 Å². The van der Waals surface area contributed by atoms with E-state index < -0.39 is 0 Å². The predicted octanol–water partition coefficient (Wildman–Crippen LogP) is 3.10. The number of ether oxygens (including phenoxy) is 2. The molecule has 0 N–H and O–H groups in total. The normalized spacial score (nSPS) is 10.9. The molecule has 1 aromatic heterocycles. The minimum Gasteiger partial charge on any atom is -0.492 e. The summed E-state index contributed by atoms with van der Waals surface area (Å²) in [7, 11) is 3.47. The van der Waals surface area contributed by atoms with Crippen LogP contribution in [0.5, 0.6) is 5.88 Å². The molecular formula is C15H21N3O2. The van der Waals surface area contributed by atoms with Crippen LogP contribution < -0.4 is 9.64 Å². The van der Waals surface area contributed by atoms with Crippen molar-refractivity contribution in [3.8, 4) is 5.88 Å². The third-order valence-corrected chi connectivity index (χ3v) is 2.65.